The van der Waals surface area contributed by atoms with Crippen LogP contribution in [0.15, 0.2) is 12.1 Å². The quantitative estimate of drug-likeness (QED) is 0.802. The molecule has 3 nitrogen and oxygen atoms in total. The van der Waals surface area contributed by atoms with E-state index in [1.165, 1.54) is 7.11 Å². The molecule has 0 saturated carbocycles. The average molecular weight is 218 g/mol. The molecule has 1 unspecified atom stereocenters. The van der Waals surface area contributed by atoms with Crippen molar-refractivity contribution in [3.63, 3.8) is 0 Å². The third kappa shape index (κ3) is 2.64. The normalized spacial score (nSPS) is 12.6. The molecule has 1 aromatic carbocycles. The van der Waals surface area contributed by atoms with Gasteiger partial charge in [-0.05, 0) is 6.07 Å². The first-order valence-electron chi connectivity index (χ1n) is 4.42. The molecular formula is C10H12F2O3. The molecule has 0 saturated heterocycles. The second kappa shape index (κ2) is 5.04. The highest BCUT2D eigenvalue weighted by Crippen LogP contribution is 2.26. The molecule has 5 heteroatoms. The Balaban J connectivity index is 3.04. The molecule has 2 N–H and O–H groups in total. The van der Waals surface area contributed by atoms with Crippen LogP contribution in [0.2, 0.25) is 0 Å². The van der Waals surface area contributed by atoms with E-state index >= 15 is 0 Å². The van der Waals surface area contributed by atoms with Crippen LogP contribution in [0.3, 0.4) is 0 Å². The zero-order valence-corrected chi connectivity index (χ0v) is 8.20. The molecule has 0 spiro atoms. The number of hydrogen-bond donors (Lipinski definition) is 2. The van der Waals surface area contributed by atoms with Gasteiger partial charge in [0, 0.05) is 24.7 Å². The Labute approximate surface area is 85.9 Å². The van der Waals surface area contributed by atoms with Crippen molar-refractivity contribution in [1.82, 2.24) is 0 Å². The molecule has 15 heavy (non-hydrogen) atoms. The van der Waals surface area contributed by atoms with E-state index in [0.29, 0.717) is 0 Å². The maximum absolute atomic E-state index is 13.3. The Bertz CT molecular complexity index is 342. The minimum absolute atomic E-state index is 0.0390. The van der Waals surface area contributed by atoms with Crippen molar-refractivity contribution in [3.8, 4) is 5.75 Å². The Morgan fingerprint density at radius 2 is 2.00 bits per heavy atom. The molecular weight excluding hydrogens is 206 g/mol. The minimum Gasteiger partial charge on any atom is -0.494 e. The third-order valence-corrected chi connectivity index (χ3v) is 2.03. The molecule has 1 aromatic rings. The van der Waals surface area contributed by atoms with E-state index in [2.05, 4.69) is 4.74 Å². The van der Waals surface area contributed by atoms with Gasteiger partial charge in [-0.2, -0.15) is 0 Å². The Morgan fingerprint density at radius 3 is 2.53 bits per heavy atom. The molecule has 0 aromatic heterocycles. The maximum Gasteiger partial charge on any atom is 0.165 e. The fraction of sp³-hybridized carbons (Fsp3) is 0.400. The van der Waals surface area contributed by atoms with Gasteiger partial charge in [0.25, 0.3) is 0 Å². The summed E-state index contributed by atoms with van der Waals surface area (Å²) in [5, 5.41) is 17.9. The first-order valence-corrected chi connectivity index (χ1v) is 4.42. The Kier molecular flexibility index (Phi) is 3.99. The van der Waals surface area contributed by atoms with Gasteiger partial charge < -0.3 is 14.9 Å². The molecule has 1 rings (SSSR count). The molecule has 0 fully saturated rings. The summed E-state index contributed by atoms with van der Waals surface area (Å²) in [4.78, 5) is 0. The van der Waals surface area contributed by atoms with Gasteiger partial charge in [-0.3, -0.25) is 0 Å². The third-order valence-electron chi connectivity index (χ3n) is 2.03. The second-order valence-corrected chi connectivity index (χ2v) is 3.04. The first-order chi connectivity index (χ1) is 7.10. The molecule has 0 aliphatic carbocycles. The van der Waals surface area contributed by atoms with Crippen LogP contribution in [0.25, 0.3) is 0 Å². The van der Waals surface area contributed by atoms with Crippen LogP contribution in [0, 0.1) is 11.6 Å². The van der Waals surface area contributed by atoms with Crippen molar-refractivity contribution in [3.05, 3.63) is 29.3 Å². The summed E-state index contributed by atoms with van der Waals surface area (Å²) in [5.41, 5.74) is -0.178. The van der Waals surface area contributed by atoms with Crippen LogP contribution < -0.4 is 4.74 Å². The summed E-state index contributed by atoms with van der Waals surface area (Å²) in [7, 11) is 1.22. The van der Waals surface area contributed by atoms with Crippen LogP contribution in [0.1, 0.15) is 18.1 Å². The summed E-state index contributed by atoms with van der Waals surface area (Å²) in [6, 6.07) is 1.74. The van der Waals surface area contributed by atoms with E-state index in [1.54, 1.807) is 0 Å². The van der Waals surface area contributed by atoms with E-state index in [9.17, 15) is 13.9 Å². The second-order valence-electron chi connectivity index (χ2n) is 3.04. The van der Waals surface area contributed by atoms with Crippen LogP contribution in [-0.2, 0) is 0 Å². The number of aliphatic hydroxyl groups excluding tert-OH is 2. The van der Waals surface area contributed by atoms with Crippen molar-refractivity contribution < 1.29 is 23.7 Å². The van der Waals surface area contributed by atoms with Crippen molar-refractivity contribution in [2.24, 2.45) is 0 Å². The molecule has 0 bridgehead atoms. The van der Waals surface area contributed by atoms with E-state index in [4.69, 9.17) is 5.11 Å². The lowest BCUT2D eigenvalue weighted by Gasteiger charge is -2.12. The average Bonchev–Trinajstić information content (AvgIpc) is 2.21. The van der Waals surface area contributed by atoms with Crippen molar-refractivity contribution in [1.29, 1.82) is 0 Å². The number of ether oxygens (including phenoxy) is 1. The Morgan fingerprint density at radius 1 is 1.33 bits per heavy atom. The van der Waals surface area contributed by atoms with Crippen molar-refractivity contribution in [2.75, 3.05) is 13.7 Å². The van der Waals surface area contributed by atoms with Gasteiger partial charge in [0.2, 0.25) is 0 Å². The monoisotopic (exact) mass is 218 g/mol. The number of benzene rings is 1. The smallest absolute Gasteiger partial charge is 0.165 e. The Hall–Kier alpha value is -1.20. The van der Waals surface area contributed by atoms with E-state index < -0.39 is 17.7 Å². The van der Waals surface area contributed by atoms with E-state index in [-0.39, 0.29) is 24.3 Å². The highest BCUT2D eigenvalue weighted by atomic mass is 19.1. The van der Waals surface area contributed by atoms with Gasteiger partial charge in [-0.25, -0.2) is 8.78 Å². The lowest BCUT2D eigenvalue weighted by Crippen LogP contribution is -2.04. The predicted molar refractivity (Wildman–Crippen MR) is 49.6 cm³/mol. The first kappa shape index (κ1) is 11.9. The fourth-order valence-electron chi connectivity index (χ4n) is 1.23. The summed E-state index contributed by atoms with van der Waals surface area (Å²) in [6.07, 6.45) is -1.25. The van der Waals surface area contributed by atoms with Gasteiger partial charge in [-0.15, -0.1) is 0 Å². The standard InChI is InChI=1S/C10H12F2O3/c1-15-10-5-7(11)6(4-8(10)12)9(14)2-3-13/h4-5,9,13-14H,2-3H2,1H3. The number of aliphatic hydroxyl groups is 2. The highest BCUT2D eigenvalue weighted by molar-refractivity contribution is 5.32. The molecule has 0 radical (unpaired) electrons. The van der Waals surface area contributed by atoms with Gasteiger partial charge in [0.05, 0.1) is 13.2 Å². The molecule has 0 aliphatic heterocycles. The largest absolute Gasteiger partial charge is 0.494 e. The predicted octanol–water partition coefficient (Wildman–Crippen LogP) is 1.39. The van der Waals surface area contributed by atoms with Gasteiger partial charge in [0.15, 0.2) is 11.6 Å². The molecule has 0 amide bonds. The fourth-order valence-corrected chi connectivity index (χ4v) is 1.23. The van der Waals surface area contributed by atoms with Gasteiger partial charge >= 0.3 is 0 Å². The SMILES string of the molecule is COc1cc(F)c(C(O)CCO)cc1F. The number of hydrogen-bond acceptors (Lipinski definition) is 3. The molecule has 1 atom stereocenters. The summed E-state index contributed by atoms with van der Waals surface area (Å²) in [5.74, 6) is -1.72. The molecule has 84 valence electrons. The van der Waals surface area contributed by atoms with E-state index in [1.807, 2.05) is 0 Å². The molecule has 0 heterocycles. The summed E-state index contributed by atoms with van der Waals surface area (Å²) < 4.78 is 31.0. The minimum atomic E-state index is -1.21. The van der Waals surface area contributed by atoms with Gasteiger partial charge in [0.1, 0.15) is 5.82 Å². The van der Waals surface area contributed by atoms with Crippen LogP contribution in [0.5, 0.6) is 5.75 Å². The maximum atomic E-state index is 13.3. The number of rotatable bonds is 4. The van der Waals surface area contributed by atoms with Gasteiger partial charge in [-0.1, -0.05) is 0 Å². The van der Waals surface area contributed by atoms with Crippen molar-refractivity contribution in [2.45, 2.75) is 12.5 Å². The zero-order valence-electron chi connectivity index (χ0n) is 8.20. The van der Waals surface area contributed by atoms with Crippen LogP contribution in [-0.4, -0.2) is 23.9 Å². The lowest BCUT2D eigenvalue weighted by molar-refractivity contribution is 0.130. The lowest BCUT2D eigenvalue weighted by atomic mass is 10.1. The van der Waals surface area contributed by atoms with E-state index in [0.717, 1.165) is 12.1 Å². The molecule has 0 aliphatic rings. The summed E-state index contributed by atoms with van der Waals surface area (Å²) in [6.45, 7) is -0.297. The zero-order chi connectivity index (χ0) is 11.4. The van der Waals surface area contributed by atoms with Crippen LogP contribution in [0.4, 0.5) is 8.78 Å². The van der Waals surface area contributed by atoms with Crippen molar-refractivity contribution >= 4 is 0 Å². The number of halogens is 2. The number of methoxy groups -OCH3 is 1. The summed E-state index contributed by atoms with van der Waals surface area (Å²) >= 11 is 0. The topological polar surface area (TPSA) is 49.7 Å². The van der Waals surface area contributed by atoms with Crippen LogP contribution >= 0.6 is 0 Å². The highest BCUT2D eigenvalue weighted by Gasteiger charge is 2.16.